The van der Waals surface area contributed by atoms with Gasteiger partial charge in [-0.25, -0.2) is 9.78 Å². The summed E-state index contributed by atoms with van der Waals surface area (Å²) in [5, 5.41) is 0. The SMILES string of the molecule is Cn1c(=O)[nH]c(=O)c2[nH]c(C3CCCCC3)nc21. The lowest BCUT2D eigenvalue weighted by atomic mass is 9.89. The van der Waals surface area contributed by atoms with Crippen LogP contribution in [0.1, 0.15) is 43.8 Å². The molecule has 0 saturated heterocycles. The van der Waals surface area contributed by atoms with Crippen LogP contribution in [0.4, 0.5) is 0 Å². The zero-order valence-electron chi connectivity index (χ0n) is 10.3. The Morgan fingerprint density at radius 1 is 1.17 bits per heavy atom. The van der Waals surface area contributed by atoms with Crippen molar-refractivity contribution in [3.05, 3.63) is 26.7 Å². The van der Waals surface area contributed by atoms with E-state index in [0.29, 0.717) is 17.1 Å². The largest absolute Gasteiger partial charge is 0.336 e. The third-order valence-corrected chi connectivity index (χ3v) is 3.76. The van der Waals surface area contributed by atoms with Gasteiger partial charge in [0, 0.05) is 13.0 Å². The molecule has 1 saturated carbocycles. The summed E-state index contributed by atoms with van der Waals surface area (Å²) in [7, 11) is 1.62. The Balaban J connectivity index is 2.16. The number of fused-ring (bicyclic) bond motifs is 1. The molecular formula is C12H16N4O2. The molecule has 0 radical (unpaired) electrons. The predicted octanol–water partition coefficient (Wildman–Crippen LogP) is 0.998. The molecule has 0 unspecified atom stereocenters. The number of imidazole rings is 1. The maximum atomic E-state index is 11.7. The summed E-state index contributed by atoms with van der Waals surface area (Å²) in [5.74, 6) is 1.23. The molecule has 0 amide bonds. The molecule has 0 aromatic carbocycles. The molecule has 2 heterocycles. The van der Waals surface area contributed by atoms with Crippen molar-refractivity contribution in [1.29, 1.82) is 0 Å². The van der Waals surface area contributed by atoms with E-state index in [4.69, 9.17) is 0 Å². The summed E-state index contributed by atoms with van der Waals surface area (Å²) in [6.07, 6.45) is 5.89. The second kappa shape index (κ2) is 4.12. The molecule has 3 rings (SSSR count). The van der Waals surface area contributed by atoms with E-state index in [1.165, 1.54) is 23.8 Å². The molecule has 2 aromatic heterocycles. The summed E-state index contributed by atoms with van der Waals surface area (Å²) < 4.78 is 1.37. The van der Waals surface area contributed by atoms with Crippen molar-refractivity contribution in [2.75, 3.05) is 0 Å². The topological polar surface area (TPSA) is 83.5 Å². The van der Waals surface area contributed by atoms with Gasteiger partial charge >= 0.3 is 5.69 Å². The van der Waals surface area contributed by atoms with Crippen LogP contribution in [0.2, 0.25) is 0 Å². The average molecular weight is 248 g/mol. The van der Waals surface area contributed by atoms with Crippen molar-refractivity contribution in [3.8, 4) is 0 Å². The summed E-state index contributed by atoms with van der Waals surface area (Å²) in [6.45, 7) is 0. The number of aromatic amines is 2. The Morgan fingerprint density at radius 2 is 1.89 bits per heavy atom. The Kier molecular flexibility index (Phi) is 2.57. The van der Waals surface area contributed by atoms with Gasteiger partial charge in [-0.05, 0) is 12.8 Å². The molecular weight excluding hydrogens is 232 g/mol. The van der Waals surface area contributed by atoms with Gasteiger partial charge < -0.3 is 4.98 Å². The van der Waals surface area contributed by atoms with Gasteiger partial charge in [-0.2, -0.15) is 0 Å². The van der Waals surface area contributed by atoms with Gasteiger partial charge in [-0.15, -0.1) is 0 Å². The average Bonchev–Trinajstić information content (AvgIpc) is 2.83. The minimum absolute atomic E-state index is 0.386. The molecule has 96 valence electrons. The zero-order valence-corrected chi connectivity index (χ0v) is 10.3. The van der Waals surface area contributed by atoms with Crippen LogP contribution < -0.4 is 11.2 Å². The van der Waals surface area contributed by atoms with Crippen LogP contribution in [0.3, 0.4) is 0 Å². The fourth-order valence-corrected chi connectivity index (χ4v) is 2.69. The van der Waals surface area contributed by atoms with Crippen molar-refractivity contribution in [2.45, 2.75) is 38.0 Å². The van der Waals surface area contributed by atoms with Gasteiger partial charge in [0.15, 0.2) is 5.65 Å². The molecule has 0 bridgehead atoms. The molecule has 18 heavy (non-hydrogen) atoms. The van der Waals surface area contributed by atoms with Gasteiger partial charge in [0.2, 0.25) is 0 Å². The van der Waals surface area contributed by atoms with Gasteiger partial charge in [-0.3, -0.25) is 14.3 Å². The summed E-state index contributed by atoms with van der Waals surface area (Å²) in [4.78, 5) is 33.0. The molecule has 0 atom stereocenters. The lowest BCUT2D eigenvalue weighted by molar-refractivity contribution is 0.431. The number of H-pyrrole nitrogens is 2. The fourth-order valence-electron chi connectivity index (χ4n) is 2.69. The quantitative estimate of drug-likeness (QED) is 0.789. The summed E-state index contributed by atoms with van der Waals surface area (Å²) in [6, 6.07) is 0. The maximum Gasteiger partial charge on any atom is 0.329 e. The van der Waals surface area contributed by atoms with Crippen LogP contribution in [0, 0.1) is 0 Å². The number of aromatic nitrogens is 4. The van der Waals surface area contributed by atoms with E-state index in [0.717, 1.165) is 18.7 Å². The lowest BCUT2D eigenvalue weighted by Gasteiger charge is -2.18. The van der Waals surface area contributed by atoms with E-state index < -0.39 is 5.69 Å². The van der Waals surface area contributed by atoms with Crippen LogP contribution in [0.5, 0.6) is 0 Å². The number of hydrogen-bond donors (Lipinski definition) is 2. The predicted molar refractivity (Wildman–Crippen MR) is 67.8 cm³/mol. The van der Waals surface area contributed by atoms with Crippen molar-refractivity contribution in [1.82, 2.24) is 19.5 Å². The zero-order chi connectivity index (χ0) is 12.7. The van der Waals surface area contributed by atoms with Gasteiger partial charge in [0.1, 0.15) is 11.3 Å². The first-order valence-corrected chi connectivity index (χ1v) is 6.36. The third kappa shape index (κ3) is 1.68. The van der Waals surface area contributed by atoms with E-state index in [-0.39, 0.29) is 5.56 Å². The molecule has 0 spiro atoms. The molecule has 0 aliphatic heterocycles. The van der Waals surface area contributed by atoms with E-state index >= 15 is 0 Å². The van der Waals surface area contributed by atoms with Gasteiger partial charge in [-0.1, -0.05) is 19.3 Å². The van der Waals surface area contributed by atoms with Crippen molar-refractivity contribution < 1.29 is 0 Å². The molecule has 2 N–H and O–H groups in total. The highest BCUT2D eigenvalue weighted by atomic mass is 16.2. The van der Waals surface area contributed by atoms with E-state index in [1.807, 2.05) is 0 Å². The normalized spacial score (nSPS) is 17.4. The Morgan fingerprint density at radius 3 is 2.61 bits per heavy atom. The number of nitrogens with one attached hydrogen (secondary N) is 2. The Labute approximate surface area is 103 Å². The highest BCUT2D eigenvalue weighted by Crippen LogP contribution is 2.31. The molecule has 1 aliphatic carbocycles. The maximum absolute atomic E-state index is 11.7. The van der Waals surface area contributed by atoms with Crippen LogP contribution in [-0.4, -0.2) is 19.5 Å². The van der Waals surface area contributed by atoms with E-state index in [9.17, 15) is 9.59 Å². The first kappa shape index (κ1) is 11.3. The summed E-state index contributed by atoms with van der Waals surface area (Å²) >= 11 is 0. The standard InChI is InChI=1S/C12H16N4O2/c1-16-10-8(11(17)15-12(16)18)13-9(14-10)7-5-3-2-4-6-7/h7H,2-6H2,1H3,(H,13,14)(H,15,17,18). The van der Waals surface area contributed by atoms with E-state index in [2.05, 4.69) is 15.0 Å². The molecule has 2 aromatic rings. The van der Waals surface area contributed by atoms with Crippen LogP contribution in [0.25, 0.3) is 11.2 Å². The first-order chi connectivity index (χ1) is 8.66. The number of nitrogens with zero attached hydrogens (tertiary/aromatic N) is 2. The second-order valence-corrected chi connectivity index (χ2v) is 4.97. The molecule has 6 nitrogen and oxygen atoms in total. The molecule has 6 heteroatoms. The van der Waals surface area contributed by atoms with Crippen molar-refractivity contribution >= 4 is 11.2 Å². The molecule has 1 aliphatic rings. The lowest BCUT2D eigenvalue weighted by Crippen LogP contribution is -2.28. The van der Waals surface area contributed by atoms with Crippen LogP contribution in [-0.2, 0) is 7.05 Å². The highest BCUT2D eigenvalue weighted by Gasteiger charge is 2.20. The van der Waals surface area contributed by atoms with Crippen LogP contribution >= 0.6 is 0 Å². The smallest absolute Gasteiger partial charge is 0.329 e. The number of hydrogen-bond acceptors (Lipinski definition) is 3. The highest BCUT2D eigenvalue weighted by molar-refractivity contribution is 5.69. The van der Waals surface area contributed by atoms with E-state index in [1.54, 1.807) is 7.05 Å². The van der Waals surface area contributed by atoms with Gasteiger partial charge in [0.05, 0.1) is 0 Å². The van der Waals surface area contributed by atoms with Crippen molar-refractivity contribution in [2.24, 2.45) is 7.05 Å². The Hall–Kier alpha value is -1.85. The summed E-state index contributed by atoms with van der Waals surface area (Å²) in [5.41, 5.74) is 0.0406. The van der Waals surface area contributed by atoms with Gasteiger partial charge in [0.25, 0.3) is 5.56 Å². The fraction of sp³-hybridized carbons (Fsp3) is 0.583. The minimum Gasteiger partial charge on any atom is -0.336 e. The first-order valence-electron chi connectivity index (χ1n) is 6.36. The number of aryl methyl sites for hydroxylation is 1. The third-order valence-electron chi connectivity index (χ3n) is 3.76. The minimum atomic E-state index is -0.422. The second-order valence-electron chi connectivity index (χ2n) is 4.97. The monoisotopic (exact) mass is 248 g/mol. The number of rotatable bonds is 1. The molecule has 1 fully saturated rings. The van der Waals surface area contributed by atoms with Crippen molar-refractivity contribution in [3.63, 3.8) is 0 Å². The van der Waals surface area contributed by atoms with Crippen LogP contribution in [0.15, 0.2) is 9.59 Å². The Bertz CT molecular complexity index is 688.